The van der Waals surface area contributed by atoms with E-state index in [2.05, 4.69) is 5.32 Å². The molecule has 2 rings (SSSR count). The molecule has 170 valence electrons. The molecule has 1 unspecified atom stereocenters. The Morgan fingerprint density at radius 3 is 1.94 bits per heavy atom. The van der Waals surface area contributed by atoms with Gasteiger partial charge in [0.05, 0.1) is 22.7 Å². The fourth-order valence-corrected chi connectivity index (χ4v) is 3.25. The van der Waals surface area contributed by atoms with Gasteiger partial charge in [-0.25, -0.2) is 0 Å². The second-order valence-electron chi connectivity index (χ2n) is 8.08. The van der Waals surface area contributed by atoms with Gasteiger partial charge in [0.1, 0.15) is 0 Å². The first-order chi connectivity index (χ1) is 14.1. The zero-order valence-corrected chi connectivity index (χ0v) is 17.7. The third-order valence-electron chi connectivity index (χ3n) is 5.46. The average Bonchev–Trinajstić information content (AvgIpc) is 2.64. The Bertz CT molecular complexity index is 933. The van der Waals surface area contributed by atoms with Crippen LogP contribution in [0, 0.1) is 6.92 Å². The molecule has 3 nitrogen and oxygen atoms in total. The maximum absolute atomic E-state index is 13.6. The minimum absolute atomic E-state index is 0.0173. The van der Waals surface area contributed by atoms with Gasteiger partial charge in [-0.15, -0.1) is 0 Å². The number of carbonyl (C=O) groups is 1. The van der Waals surface area contributed by atoms with E-state index in [-0.39, 0.29) is 6.07 Å². The average molecular weight is 446 g/mol. The van der Waals surface area contributed by atoms with E-state index >= 15 is 0 Å². The molecule has 0 spiro atoms. The van der Waals surface area contributed by atoms with Crippen LogP contribution >= 0.6 is 0 Å². The van der Waals surface area contributed by atoms with Crippen molar-refractivity contribution in [2.24, 2.45) is 0 Å². The van der Waals surface area contributed by atoms with Crippen LogP contribution in [0.15, 0.2) is 42.5 Å². The highest BCUT2D eigenvalue weighted by Gasteiger charge is 2.42. The Balaban J connectivity index is 2.61. The molecule has 2 aromatic carbocycles. The summed E-state index contributed by atoms with van der Waals surface area (Å²) in [5, 5.41) is 2.62. The zero-order valence-electron chi connectivity index (χ0n) is 17.7. The summed E-state index contributed by atoms with van der Waals surface area (Å²) in [6, 6.07) is 8.46. The number of halogens is 6. The van der Waals surface area contributed by atoms with Crippen LogP contribution in [-0.2, 0) is 12.4 Å². The molecular weight excluding hydrogens is 422 g/mol. The van der Waals surface area contributed by atoms with Gasteiger partial charge >= 0.3 is 12.4 Å². The number of nitrogens with zero attached hydrogens (tertiary/aromatic N) is 1. The maximum Gasteiger partial charge on any atom is 0.417 e. The molecule has 0 heterocycles. The lowest BCUT2D eigenvalue weighted by atomic mass is 9.86. The Kier molecular flexibility index (Phi) is 6.80. The number of hydrogen-bond donors (Lipinski definition) is 1. The summed E-state index contributed by atoms with van der Waals surface area (Å²) in [4.78, 5) is 14.8. The monoisotopic (exact) mass is 446 g/mol. The first-order valence-corrected chi connectivity index (χ1v) is 9.39. The van der Waals surface area contributed by atoms with E-state index in [1.807, 2.05) is 0 Å². The van der Waals surface area contributed by atoms with Gasteiger partial charge in [0.15, 0.2) is 0 Å². The molecule has 9 heteroatoms. The first-order valence-electron chi connectivity index (χ1n) is 9.39. The topological polar surface area (TPSA) is 32.3 Å². The molecule has 0 aliphatic rings. The number of aryl methyl sites for hydroxylation is 1. The van der Waals surface area contributed by atoms with Crippen LogP contribution in [0.3, 0.4) is 0 Å². The fourth-order valence-electron chi connectivity index (χ4n) is 3.25. The summed E-state index contributed by atoms with van der Waals surface area (Å²) >= 11 is 0. The highest BCUT2D eigenvalue weighted by Crippen LogP contribution is 2.39. The lowest BCUT2D eigenvalue weighted by Gasteiger charge is -2.41. The van der Waals surface area contributed by atoms with Gasteiger partial charge in [0, 0.05) is 5.54 Å². The molecule has 0 aromatic heterocycles. The summed E-state index contributed by atoms with van der Waals surface area (Å²) in [6.07, 6.45) is -10.1. The van der Waals surface area contributed by atoms with Gasteiger partial charge in [-0.1, -0.05) is 30.3 Å². The highest BCUT2D eigenvalue weighted by atomic mass is 19.4. The summed E-state index contributed by atoms with van der Waals surface area (Å²) in [5.41, 5.74) is -4.39. The number of rotatable bonds is 5. The van der Waals surface area contributed by atoms with E-state index in [9.17, 15) is 31.1 Å². The Morgan fingerprint density at radius 2 is 1.48 bits per heavy atom. The number of hydrogen-bond acceptors (Lipinski definition) is 2. The second kappa shape index (κ2) is 8.53. The molecule has 1 atom stereocenters. The molecule has 0 aliphatic heterocycles. The first kappa shape index (κ1) is 24.7. The summed E-state index contributed by atoms with van der Waals surface area (Å²) in [6.45, 7) is 4.67. The largest absolute Gasteiger partial charge is 0.417 e. The van der Waals surface area contributed by atoms with Gasteiger partial charge in [-0.05, 0) is 58.1 Å². The van der Waals surface area contributed by atoms with Gasteiger partial charge < -0.3 is 10.2 Å². The molecule has 1 N–H and O–H groups in total. The van der Waals surface area contributed by atoms with Gasteiger partial charge in [-0.2, -0.15) is 26.3 Å². The van der Waals surface area contributed by atoms with Crippen molar-refractivity contribution in [3.05, 3.63) is 70.3 Å². The van der Waals surface area contributed by atoms with Crippen LogP contribution in [0.5, 0.6) is 0 Å². The molecule has 2 aromatic rings. The van der Waals surface area contributed by atoms with Crippen LogP contribution in [0.2, 0.25) is 0 Å². The fraction of sp³-hybridized carbons (Fsp3) is 0.409. The second-order valence-corrected chi connectivity index (χ2v) is 8.08. The van der Waals surface area contributed by atoms with Crippen molar-refractivity contribution < 1.29 is 31.1 Å². The van der Waals surface area contributed by atoms with Crippen molar-refractivity contribution in [3.63, 3.8) is 0 Å². The predicted molar refractivity (Wildman–Crippen MR) is 106 cm³/mol. The van der Waals surface area contributed by atoms with E-state index in [0.29, 0.717) is 11.6 Å². The molecule has 0 fully saturated rings. The zero-order chi connectivity index (χ0) is 23.8. The Labute approximate surface area is 177 Å². The molecule has 0 saturated carbocycles. The van der Waals surface area contributed by atoms with Crippen LogP contribution in [0.4, 0.5) is 26.3 Å². The van der Waals surface area contributed by atoms with Crippen LogP contribution in [-0.4, -0.2) is 30.4 Å². The van der Waals surface area contributed by atoms with Crippen molar-refractivity contribution in [1.29, 1.82) is 0 Å². The van der Waals surface area contributed by atoms with Crippen molar-refractivity contribution in [2.75, 3.05) is 14.1 Å². The summed E-state index contributed by atoms with van der Waals surface area (Å²) < 4.78 is 80.1. The van der Waals surface area contributed by atoms with E-state index in [1.165, 1.54) is 0 Å². The lowest BCUT2D eigenvalue weighted by molar-refractivity contribution is -0.143. The highest BCUT2D eigenvalue weighted by molar-refractivity contribution is 5.97. The van der Waals surface area contributed by atoms with Crippen molar-refractivity contribution in [3.8, 4) is 0 Å². The van der Waals surface area contributed by atoms with Crippen molar-refractivity contribution in [2.45, 2.75) is 44.7 Å². The molecule has 0 bridgehead atoms. The van der Waals surface area contributed by atoms with Crippen molar-refractivity contribution >= 4 is 5.91 Å². The van der Waals surface area contributed by atoms with E-state index in [4.69, 9.17) is 0 Å². The number of nitrogens with one attached hydrogen (secondary N) is 1. The van der Waals surface area contributed by atoms with Crippen LogP contribution in [0.1, 0.15) is 52.5 Å². The quantitative estimate of drug-likeness (QED) is 0.585. The number of alkyl halides is 6. The number of likely N-dealkylation sites (N-methyl/N-ethyl adjacent to an activating group) is 1. The molecular formula is C22H24F6N2O. The van der Waals surface area contributed by atoms with Gasteiger partial charge in [-0.3, -0.25) is 4.79 Å². The van der Waals surface area contributed by atoms with Crippen LogP contribution in [0.25, 0.3) is 0 Å². The molecule has 0 radical (unpaired) electrons. The maximum atomic E-state index is 13.6. The smallest absolute Gasteiger partial charge is 0.343 e. The predicted octanol–water partition coefficient (Wildman–Crippen LogP) is 5.84. The van der Waals surface area contributed by atoms with Crippen molar-refractivity contribution in [1.82, 2.24) is 10.2 Å². The minimum atomic E-state index is -5.14. The Morgan fingerprint density at radius 1 is 0.935 bits per heavy atom. The molecule has 31 heavy (non-hydrogen) atoms. The molecule has 0 aliphatic carbocycles. The van der Waals surface area contributed by atoms with Crippen LogP contribution < -0.4 is 5.32 Å². The van der Waals surface area contributed by atoms with E-state index < -0.39 is 52.1 Å². The minimum Gasteiger partial charge on any atom is -0.343 e. The number of amides is 1. The summed E-state index contributed by atoms with van der Waals surface area (Å²) in [5.74, 6) is -1.10. The third-order valence-corrected chi connectivity index (χ3v) is 5.46. The standard InChI is InChI=1S/C22H24F6N2O/c1-13-11-15(21(23,24)25)12-16(22(26,27)28)17(13)19(31)29-18(20(2,3)30(4)5)14-9-7-6-8-10-14/h6-12,18H,1-5H3,(H,29,31). The lowest BCUT2D eigenvalue weighted by Crippen LogP contribution is -2.51. The number of benzene rings is 2. The number of carbonyl (C=O) groups excluding carboxylic acids is 1. The molecule has 1 amide bonds. The third kappa shape index (κ3) is 5.39. The summed E-state index contributed by atoms with van der Waals surface area (Å²) in [7, 11) is 3.51. The normalized spacial score (nSPS) is 13.9. The molecule has 0 saturated heterocycles. The van der Waals surface area contributed by atoms with Gasteiger partial charge in [0.25, 0.3) is 5.91 Å². The van der Waals surface area contributed by atoms with E-state index in [1.54, 1.807) is 63.2 Å². The SMILES string of the molecule is Cc1cc(C(F)(F)F)cc(C(F)(F)F)c1C(=O)NC(c1ccccc1)C(C)(C)N(C)C. The Hall–Kier alpha value is -2.55. The van der Waals surface area contributed by atoms with E-state index in [0.717, 1.165) is 6.92 Å². The van der Waals surface area contributed by atoms with Gasteiger partial charge in [0.2, 0.25) is 0 Å².